The summed E-state index contributed by atoms with van der Waals surface area (Å²) < 4.78 is 0. The Morgan fingerprint density at radius 3 is 2.60 bits per heavy atom. The molecule has 0 saturated carbocycles. The number of rotatable bonds is 4. The Morgan fingerprint density at radius 2 is 2.07 bits per heavy atom. The highest BCUT2D eigenvalue weighted by atomic mass is 16.1. The molecule has 2 nitrogen and oxygen atoms in total. The van der Waals surface area contributed by atoms with Gasteiger partial charge in [0.1, 0.15) is 5.78 Å². The Hall–Kier alpha value is -0.370. The summed E-state index contributed by atoms with van der Waals surface area (Å²) >= 11 is 0. The lowest BCUT2D eigenvalue weighted by molar-refractivity contribution is -0.120. The first-order valence-electron chi connectivity index (χ1n) is 6.46. The second-order valence-electron chi connectivity index (χ2n) is 4.27. The minimum atomic E-state index is 0.414. The number of piperidine rings is 1. The highest BCUT2D eigenvalue weighted by molar-refractivity contribution is 5.80. The summed E-state index contributed by atoms with van der Waals surface area (Å²) in [5, 5.41) is 0. The van der Waals surface area contributed by atoms with E-state index in [1.165, 1.54) is 12.8 Å². The minimum absolute atomic E-state index is 0.414. The fourth-order valence-electron chi connectivity index (χ4n) is 2.04. The van der Waals surface area contributed by atoms with E-state index in [1.807, 2.05) is 13.8 Å². The molecule has 0 amide bonds. The largest absolute Gasteiger partial charge is 0.298 e. The van der Waals surface area contributed by atoms with E-state index in [9.17, 15) is 4.79 Å². The number of hydrogen-bond donors (Lipinski definition) is 0. The number of carbonyl (C=O) groups is 1. The van der Waals surface area contributed by atoms with E-state index in [0.717, 1.165) is 31.8 Å². The van der Waals surface area contributed by atoms with Gasteiger partial charge in [-0.05, 0) is 31.7 Å². The molecule has 0 N–H and O–H groups in total. The maximum absolute atomic E-state index is 11.4. The maximum atomic E-state index is 11.4. The SMILES string of the molecule is CC.CCCC(=O)CN1CCCC(C)C1. The number of hydrogen-bond acceptors (Lipinski definition) is 2. The minimum Gasteiger partial charge on any atom is -0.298 e. The molecule has 1 atom stereocenters. The van der Waals surface area contributed by atoms with E-state index in [4.69, 9.17) is 0 Å². The van der Waals surface area contributed by atoms with Crippen LogP contribution >= 0.6 is 0 Å². The van der Waals surface area contributed by atoms with Crippen molar-refractivity contribution >= 4 is 5.78 Å². The van der Waals surface area contributed by atoms with Gasteiger partial charge in [-0.1, -0.05) is 27.7 Å². The molecule has 0 aromatic carbocycles. The van der Waals surface area contributed by atoms with Crippen LogP contribution in [0.3, 0.4) is 0 Å². The number of nitrogens with zero attached hydrogens (tertiary/aromatic N) is 1. The van der Waals surface area contributed by atoms with Crippen molar-refractivity contribution in [3.8, 4) is 0 Å². The molecule has 0 bridgehead atoms. The molecule has 0 spiro atoms. The first-order valence-corrected chi connectivity index (χ1v) is 6.46. The zero-order chi connectivity index (χ0) is 11.7. The lowest BCUT2D eigenvalue weighted by Crippen LogP contribution is -2.37. The van der Waals surface area contributed by atoms with Crippen molar-refractivity contribution < 1.29 is 4.79 Å². The molecule has 90 valence electrons. The molecule has 0 aliphatic carbocycles. The van der Waals surface area contributed by atoms with Crippen molar-refractivity contribution in [3.63, 3.8) is 0 Å². The topological polar surface area (TPSA) is 20.3 Å². The molecule has 1 fully saturated rings. The number of ketones is 1. The van der Waals surface area contributed by atoms with Crippen LogP contribution in [-0.4, -0.2) is 30.3 Å². The zero-order valence-electron chi connectivity index (χ0n) is 10.9. The first-order chi connectivity index (χ1) is 7.22. The number of Topliss-reactive ketones (excluding diaryl/α,β-unsaturated/α-hetero) is 1. The van der Waals surface area contributed by atoms with Crippen molar-refractivity contribution in [2.75, 3.05) is 19.6 Å². The third kappa shape index (κ3) is 6.67. The summed E-state index contributed by atoms with van der Waals surface area (Å²) in [5.41, 5.74) is 0. The highest BCUT2D eigenvalue weighted by Crippen LogP contribution is 2.15. The standard InChI is InChI=1S/C11H21NO.C2H6/c1-3-5-11(13)9-12-7-4-6-10(2)8-12;1-2/h10H,3-9H2,1-2H3;1-2H3. The van der Waals surface area contributed by atoms with Gasteiger partial charge in [-0.2, -0.15) is 0 Å². The van der Waals surface area contributed by atoms with E-state index in [1.54, 1.807) is 0 Å². The van der Waals surface area contributed by atoms with Crippen LogP contribution in [0.4, 0.5) is 0 Å². The molecule has 0 radical (unpaired) electrons. The fraction of sp³-hybridized carbons (Fsp3) is 0.923. The molecule has 1 heterocycles. The molecule has 1 saturated heterocycles. The molecule has 1 unspecified atom stereocenters. The Balaban J connectivity index is 0.000000921. The molecule has 0 aromatic rings. The van der Waals surface area contributed by atoms with Crippen LogP contribution in [0.2, 0.25) is 0 Å². The van der Waals surface area contributed by atoms with Gasteiger partial charge in [-0.25, -0.2) is 0 Å². The Bertz CT molecular complexity index is 168. The zero-order valence-corrected chi connectivity index (χ0v) is 10.9. The Kier molecular flexibility index (Phi) is 8.68. The lowest BCUT2D eigenvalue weighted by atomic mass is 10.00. The third-order valence-electron chi connectivity index (χ3n) is 2.67. The molecular formula is C13H27NO. The van der Waals surface area contributed by atoms with E-state index >= 15 is 0 Å². The van der Waals surface area contributed by atoms with E-state index in [-0.39, 0.29) is 0 Å². The summed E-state index contributed by atoms with van der Waals surface area (Å²) in [7, 11) is 0. The van der Waals surface area contributed by atoms with Crippen LogP contribution in [-0.2, 0) is 4.79 Å². The van der Waals surface area contributed by atoms with Crippen LogP contribution in [0.25, 0.3) is 0 Å². The second-order valence-corrected chi connectivity index (χ2v) is 4.27. The summed E-state index contributed by atoms with van der Waals surface area (Å²) in [6.07, 6.45) is 4.34. The highest BCUT2D eigenvalue weighted by Gasteiger charge is 2.17. The van der Waals surface area contributed by atoms with Crippen molar-refractivity contribution in [2.24, 2.45) is 5.92 Å². The molecule has 15 heavy (non-hydrogen) atoms. The Morgan fingerprint density at radius 1 is 1.40 bits per heavy atom. The van der Waals surface area contributed by atoms with Gasteiger partial charge in [0.15, 0.2) is 0 Å². The predicted octanol–water partition coefficient (Wildman–Crippen LogP) is 3.11. The van der Waals surface area contributed by atoms with Gasteiger partial charge in [0.25, 0.3) is 0 Å². The van der Waals surface area contributed by atoms with Crippen LogP contribution in [0.5, 0.6) is 0 Å². The summed E-state index contributed by atoms with van der Waals surface area (Å²) in [6.45, 7) is 11.3. The van der Waals surface area contributed by atoms with E-state index in [0.29, 0.717) is 12.3 Å². The Labute approximate surface area is 95.0 Å². The van der Waals surface area contributed by atoms with Crippen LogP contribution in [0, 0.1) is 5.92 Å². The van der Waals surface area contributed by atoms with Crippen molar-refractivity contribution in [3.05, 3.63) is 0 Å². The molecular weight excluding hydrogens is 186 g/mol. The van der Waals surface area contributed by atoms with Crippen molar-refractivity contribution in [1.82, 2.24) is 4.90 Å². The smallest absolute Gasteiger partial charge is 0.146 e. The fourth-order valence-corrected chi connectivity index (χ4v) is 2.04. The predicted molar refractivity (Wildman–Crippen MR) is 66.1 cm³/mol. The first kappa shape index (κ1) is 14.6. The van der Waals surface area contributed by atoms with Crippen LogP contribution < -0.4 is 0 Å². The van der Waals surface area contributed by atoms with E-state index in [2.05, 4.69) is 18.7 Å². The molecule has 0 aromatic heterocycles. The molecule has 1 aliphatic rings. The van der Waals surface area contributed by atoms with Crippen LogP contribution in [0.1, 0.15) is 53.4 Å². The summed E-state index contributed by atoms with van der Waals surface area (Å²) in [4.78, 5) is 13.7. The monoisotopic (exact) mass is 213 g/mol. The van der Waals surface area contributed by atoms with Gasteiger partial charge in [-0.3, -0.25) is 9.69 Å². The van der Waals surface area contributed by atoms with Gasteiger partial charge in [-0.15, -0.1) is 0 Å². The molecule has 1 rings (SSSR count). The average molecular weight is 213 g/mol. The second kappa shape index (κ2) is 8.90. The lowest BCUT2D eigenvalue weighted by Gasteiger charge is -2.30. The number of carbonyl (C=O) groups excluding carboxylic acids is 1. The summed E-state index contributed by atoms with van der Waals surface area (Å²) in [5.74, 6) is 1.19. The van der Waals surface area contributed by atoms with E-state index < -0.39 is 0 Å². The van der Waals surface area contributed by atoms with Crippen molar-refractivity contribution in [2.45, 2.75) is 53.4 Å². The third-order valence-corrected chi connectivity index (χ3v) is 2.67. The number of likely N-dealkylation sites (tertiary alicyclic amines) is 1. The van der Waals surface area contributed by atoms with Crippen molar-refractivity contribution in [1.29, 1.82) is 0 Å². The summed E-state index contributed by atoms with van der Waals surface area (Å²) in [6, 6.07) is 0. The van der Waals surface area contributed by atoms with Gasteiger partial charge in [0, 0.05) is 13.0 Å². The van der Waals surface area contributed by atoms with Gasteiger partial charge < -0.3 is 0 Å². The normalized spacial score (nSPS) is 21.7. The van der Waals surface area contributed by atoms with Gasteiger partial charge in [0.2, 0.25) is 0 Å². The van der Waals surface area contributed by atoms with Gasteiger partial charge >= 0.3 is 0 Å². The van der Waals surface area contributed by atoms with Gasteiger partial charge in [0.05, 0.1) is 6.54 Å². The van der Waals surface area contributed by atoms with Crippen LogP contribution in [0.15, 0.2) is 0 Å². The molecule has 1 aliphatic heterocycles. The molecule has 2 heteroatoms. The average Bonchev–Trinajstić information content (AvgIpc) is 2.21. The quantitative estimate of drug-likeness (QED) is 0.715. The maximum Gasteiger partial charge on any atom is 0.146 e.